The molecule has 0 saturated heterocycles. The monoisotopic (exact) mass is 216 g/mol. The summed E-state index contributed by atoms with van der Waals surface area (Å²) in [6.07, 6.45) is 9.15. The van der Waals surface area contributed by atoms with Crippen LogP contribution < -0.4 is 5.73 Å². The summed E-state index contributed by atoms with van der Waals surface area (Å²) in [5.74, 6) is 0.385. The molecule has 6 heteroatoms. The van der Waals surface area contributed by atoms with Gasteiger partial charge in [0.1, 0.15) is 6.33 Å². The van der Waals surface area contributed by atoms with Gasteiger partial charge in [0.05, 0.1) is 6.04 Å². The zero-order chi connectivity index (χ0) is 11.0. The molecule has 2 heterocycles. The number of hydrogen-bond acceptors (Lipinski definition) is 5. The van der Waals surface area contributed by atoms with E-state index in [1.54, 1.807) is 0 Å². The minimum absolute atomic E-state index is 0.244. The molecule has 1 unspecified atom stereocenters. The molecular weight excluding hydrogens is 204 g/mol. The molecule has 2 aromatic rings. The molecule has 0 aromatic carbocycles. The van der Waals surface area contributed by atoms with E-state index < -0.39 is 0 Å². The summed E-state index contributed by atoms with van der Waals surface area (Å²) < 4.78 is 1.82. The topological polar surface area (TPSA) is 82.5 Å². The molecule has 1 aliphatic carbocycles. The number of nitrogens with zero attached hydrogens (tertiary/aromatic N) is 5. The summed E-state index contributed by atoms with van der Waals surface area (Å²) in [5, 5.41) is 8.14. The highest BCUT2D eigenvalue weighted by molar-refractivity contribution is 5.80. The first-order valence-electron chi connectivity index (χ1n) is 5.34. The lowest BCUT2D eigenvalue weighted by Crippen LogP contribution is -2.11. The minimum Gasteiger partial charge on any atom is -0.382 e. The predicted molar refractivity (Wildman–Crippen MR) is 59.6 cm³/mol. The summed E-state index contributed by atoms with van der Waals surface area (Å²) in [5.41, 5.74) is 7.01. The van der Waals surface area contributed by atoms with Gasteiger partial charge < -0.3 is 5.73 Å². The van der Waals surface area contributed by atoms with Crippen LogP contribution in [0.4, 0.5) is 5.82 Å². The van der Waals surface area contributed by atoms with Crippen LogP contribution in [0.25, 0.3) is 11.2 Å². The fourth-order valence-electron chi connectivity index (χ4n) is 2.00. The van der Waals surface area contributed by atoms with Gasteiger partial charge in [0.25, 0.3) is 0 Å². The van der Waals surface area contributed by atoms with Gasteiger partial charge in [0, 0.05) is 0 Å². The van der Waals surface area contributed by atoms with Crippen LogP contribution in [0.1, 0.15) is 25.3 Å². The van der Waals surface area contributed by atoms with Crippen LogP contribution >= 0.6 is 0 Å². The zero-order valence-corrected chi connectivity index (χ0v) is 8.74. The highest BCUT2D eigenvalue weighted by atomic mass is 15.5. The van der Waals surface area contributed by atoms with Crippen LogP contribution in [-0.4, -0.2) is 25.0 Å². The Hall–Kier alpha value is -1.98. The lowest BCUT2D eigenvalue weighted by molar-refractivity contribution is 0.472. The number of anilines is 1. The Labute approximate surface area is 92.2 Å². The van der Waals surface area contributed by atoms with Gasteiger partial charge in [-0.3, -0.25) is 0 Å². The Balaban J connectivity index is 2.13. The van der Waals surface area contributed by atoms with Crippen molar-refractivity contribution in [2.24, 2.45) is 0 Å². The second-order valence-electron chi connectivity index (χ2n) is 3.89. The Kier molecular flexibility index (Phi) is 2.05. The quantitative estimate of drug-likeness (QED) is 0.721. The highest BCUT2D eigenvalue weighted by Crippen LogP contribution is 2.24. The van der Waals surface area contributed by atoms with E-state index in [4.69, 9.17) is 5.73 Å². The third kappa shape index (κ3) is 1.34. The lowest BCUT2D eigenvalue weighted by atomic mass is 10.0. The number of fused-ring (bicyclic) bond motifs is 1. The van der Waals surface area contributed by atoms with E-state index in [1.807, 2.05) is 4.68 Å². The van der Waals surface area contributed by atoms with Gasteiger partial charge in [0.15, 0.2) is 17.0 Å². The number of nitrogens with two attached hydrogens (primary N) is 1. The Bertz CT molecular complexity index is 543. The number of nitrogen functional groups attached to an aromatic ring is 1. The molecule has 3 rings (SSSR count). The van der Waals surface area contributed by atoms with Gasteiger partial charge in [-0.25, -0.2) is 14.6 Å². The molecule has 16 heavy (non-hydrogen) atoms. The average Bonchev–Trinajstić information content (AvgIpc) is 2.75. The minimum atomic E-state index is 0.244. The fraction of sp³-hybridized carbons (Fsp3) is 0.400. The number of aromatic nitrogens is 5. The molecule has 2 aromatic heterocycles. The summed E-state index contributed by atoms with van der Waals surface area (Å²) in [4.78, 5) is 8.09. The van der Waals surface area contributed by atoms with Gasteiger partial charge >= 0.3 is 0 Å². The Morgan fingerprint density at radius 3 is 3.12 bits per heavy atom. The van der Waals surface area contributed by atoms with Crippen molar-refractivity contribution in [2.75, 3.05) is 5.73 Å². The number of hydrogen-bond donors (Lipinski definition) is 1. The van der Waals surface area contributed by atoms with Crippen molar-refractivity contribution in [3.63, 3.8) is 0 Å². The van der Waals surface area contributed by atoms with Gasteiger partial charge in [-0.1, -0.05) is 17.4 Å². The molecule has 0 bridgehead atoms. The first-order chi connectivity index (χ1) is 7.86. The highest BCUT2D eigenvalue weighted by Gasteiger charge is 2.17. The molecule has 82 valence electrons. The smallest absolute Gasteiger partial charge is 0.184 e. The van der Waals surface area contributed by atoms with Crippen LogP contribution in [0.2, 0.25) is 0 Å². The third-order valence-electron chi connectivity index (χ3n) is 2.83. The molecule has 6 nitrogen and oxygen atoms in total. The summed E-state index contributed by atoms with van der Waals surface area (Å²) in [6, 6.07) is 0.244. The SMILES string of the molecule is Nc1ncnc2c1nnn2C1C=CCCC1. The largest absolute Gasteiger partial charge is 0.382 e. The second kappa shape index (κ2) is 3.55. The number of rotatable bonds is 1. The molecule has 0 radical (unpaired) electrons. The van der Waals surface area contributed by atoms with Crippen molar-refractivity contribution in [3.05, 3.63) is 18.5 Å². The van der Waals surface area contributed by atoms with E-state index in [9.17, 15) is 0 Å². The fourth-order valence-corrected chi connectivity index (χ4v) is 2.00. The zero-order valence-electron chi connectivity index (χ0n) is 8.74. The molecular formula is C10H12N6. The van der Waals surface area contributed by atoms with Crippen LogP contribution in [0.5, 0.6) is 0 Å². The predicted octanol–water partition coefficient (Wildman–Crippen LogP) is 1.08. The molecule has 0 saturated carbocycles. The third-order valence-corrected chi connectivity index (χ3v) is 2.83. The molecule has 0 aliphatic heterocycles. The normalized spacial score (nSPS) is 20.4. The van der Waals surface area contributed by atoms with Crippen LogP contribution in [0.3, 0.4) is 0 Å². The van der Waals surface area contributed by atoms with Crippen molar-refractivity contribution < 1.29 is 0 Å². The molecule has 1 atom stereocenters. The Morgan fingerprint density at radius 2 is 2.31 bits per heavy atom. The van der Waals surface area contributed by atoms with E-state index in [1.165, 1.54) is 12.7 Å². The van der Waals surface area contributed by atoms with Gasteiger partial charge in [-0.15, -0.1) is 5.10 Å². The molecule has 0 spiro atoms. The Morgan fingerprint density at radius 1 is 1.38 bits per heavy atom. The summed E-state index contributed by atoms with van der Waals surface area (Å²) in [7, 11) is 0. The average molecular weight is 216 g/mol. The van der Waals surface area contributed by atoms with Gasteiger partial charge in [-0.2, -0.15) is 0 Å². The maximum absolute atomic E-state index is 5.71. The van der Waals surface area contributed by atoms with Crippen molar-refractivity contribution in [1.82, 2.24) is 25.0 Å². The molecule has 0 amide bonds. The number of allylic oxidation sites excluding steroid dienone is 2. The van der Waals surface area contributed by atoms with E-state index in [0.29, 0.717) is 17.0 Å². The maximum atomic E-state index is 5.71. The van der Waals surface area contributed by atoms with Crippen molar-refractivity contribution in [1.29, 1.82) is 0 Å². The van der Waals surface area contributed by atoms with Crippen molar-refractivity contribution in [3.8, 4) is 0 Å². The van der Waals surface area contributed by atoms with Crippen LogP contribution in [0.15, 0.2) is 18.5 Å². The second-order valence-corrected chi connectivity index (χ2v) is 3.89. The summed E-state index contributed by atoms with van der Waals surface area (Å²) >= 11 is 0. The maximum Gasteiger partial charge on any atom is 0.184 e. The van der Waals surface area contributed by atoms with E-state index in [2.05, 4.69) is 32.4 Å². The van der Waals surface area contributed by atoms with Crippen molar-refractivity contribution in [2.45, 2.75) is 25.3 Å². The lowest BCUT2D eigenvalue weighted by Gasteiger charge is -2.16. The van der Waals surface area contributed by atoms with E-state index in [-0.39, 0.29) is 6.04 Å². The van der Waals surface area contributed by atoms with Crippen molar-refractivity contribution >= 4 is 17.0 Å². The van der Waals surface area contributed by atoms with Crippen LogP contribution in [0, 0.1) is 0 Å². The van der Waals surface area contributed by atoms with Crippen LogP contribution in [-0.2, 0) is 0 Å². The summed E-state index contributed by atoms with van der Waals surface area (Å²) in [6.45, 7) is 0. The first kappa shape index (κ1) is 9.26. The van der Waals surface area contributed by atoms with Gasteiger partial charge in [-0.05, 0) is 19.3 Å². The molecule has 2 N–H and O–H groups in total. The molecule has 1 aliphatic rings. The molecule has 0 fully saturated rings. The first-order valence-corrected chi connectivity index (χ1v) is 5.34. The van der Waals surface area contributed by atoms with Gasteiger partial charge in [0.2, 0.25) is 0 Å². The standard InChI is InChI=1S/C10H12N6/c11-9-8-10(13-6-12-9)16(15-14-8)7-4-2-1-3-5-7/h2,4,6-7H,1,3,5H2,(H2,11,12,13). The van der Waals surface area contributed by atoms with E-state index >= 15 is 0 Å². The van der Waals surface area contributed by atoms with E-state index in [0.717, 1.165) is 12.8 Å².